The number of benzene rings is 2. The van der Waals surface area contributed by atoms with Gasteiger partial charge in [0.25, 0.3) is 0 Å². The van der Waals surface area contributed by atoms with Gasteiger partial charge in [0, 0.05) is 29.8 Å². The van der Waals surface area contributed by atoms with Crippen molar-refractivity contribution in [2.45, 2.75) is 89.1 Å². The summed E-state index contributed by atoms with van der Waals surface area (Å²) in [5, 5.41) is 40.0. The minimum absolute atomic E-state index is 0.000376. The Hall–Kier alpha value is -4.98. The van der Waals surface area contributed by atoms with E-state index in [9.17, 15) is 30.0 Å². The second kappa shape index (κ2) is 16.5. The molecule has 11 nitrogen and oxygen atoms in total. The first-order valence-corrected chi connectivity index (χ1v) is 21.4. The van der Waals surface area contributed by atoms with Gasteiger partial charge in [-0.05, 0) is 85.0 Å². The third-order valence-electron chi connectivity index (χ3n) is 11.7. The molecule has 0 atom stereocenters. The molecule has 2 fully saturated rings. The number of carbonyl (C=O) groups is 2. The van der Waals surface area contributed by atoms with E-state index in [1.54, 1.807) is 35.6 Å². The summed E-state index contributed by atoms with van der Waals surface area (Å²) in [6.07, 6.45) is 11.7. The SMILES string of the molecule is COC(=O)c1cc2c(s1)c(C1CCCCC1)c(-c1ccc(O)cc1O)n2CCO.COC(=O)c1cc2c(s1)c(C1CCCCC1)c1n2CCOc2cc(O)ccc2-1. The fourth-order valence-corrected chi connectivity index (χ4v) is 11.6. The van der Waals surface area contributed by atoms with Crippen molar-refractivity contribution in [3.63, 3.8) is 0 Å². The number of aromatic nitrogens is 2. The number of phenolic OH excluding ortho intramolecular Hbond substituents is 3. The molecule has 0 radical (unpaired) electrons. The lowest BCUT2D eigenvalue weighted by Crippen LogP contribution is -2.09. The average molecular weight is 813 g/mol. The molecule has 13 heteroatoms. The number of rotatable bonds is 7. The maximum absolute atomic E-state index is 12.2. The third-order valence-corrected chi connectivity index (χ3v) is 14.0. The number of aliphatic hydroxyl groups excluding tert-OH is 1. The number of hydrogen-bond acceptors (Lipinski definition) is 11. The average Bonchev–Trinajstić information content (AvgIpc) is 3.96. The third kappa shape index (κ3) is 7.25. The Balaban J connectivity index is 0.000000160. The summed E-state index contributed by atoms with van der Waals surface area (Å²) >= 11 is 2.95. The summed E-state index contributed by atoms with van der Waals surface area (Å²) < 4.78 is 22.3. The number of ether oxygens (including phenoxy) is 3. The maximum Gasteiger partial charge on any atom is 0.348 e. The van der Waals surface area contributed by atoms with E-state index in [1.807, 2.05) is 22.8 Å². The standard InChI is InChI=1S/C22H25NO5S.C22H23NO4S/c1-28-22(27)18-12-16-21(29-18)19(13-5-3-2-4-6-13)20(23(16)9-10-24)15-8-7-14(25)11-17(15)26;1-26-22(25)18-12-16-21(28-18)19(13-5-3-2-4-6-13)20-15-8-7-14(24)11-17(15)27-10-9-23(16)20/h7-8,11-13,24-26H,2-6,9-10H2,1H3;7-8,11-13,24H,2-6,9-10H2,1H3. The molecule has 4 aromatic heterocycles. The maximum atomic E-state index is 12.2. The van der Waals surface area contributed by atoms with Crippen LogP contribution in [0.3, 0.4) is 0 Å². The summed E-state index contributed by atoms with van der Waals surface area (Å²) in [5.74, 6) is 1.10. The molecule has 9 rings (SSSR count). The number of methoxy groups -OCH3 is 2. The largest absolute Gasteiger partial charge is 0.508 e. The van der Waals surface area contributed by atoms with Crippen LogP contribution in [0.1, 0.15) is 107 Å². The minimum atomic E-state index is -0.370. The number of fused-ring (bicyclic) bond motifs is 6. The summed E-state index contributed by atoms with van der Waals surface area (Å²) in [4.78, 5) is 25.5. The molecular formula is C44H48N2O9S2. The molecule has 2 aliphatic carbocycles. The van der Waals surface area contributed by atoms with Crippen LogP contribution in [0.15, 0.2) is 48.5 Å². The monoisotopic (exact) mass is 812 g/mol. The van der Waals surface area contributed by atoms with Gasteiger partial charge < -0.3 is 43.8 Å². The molecular weight excluding hydrogens is 765 g/mol. The Morgan fingerprint density at radius 2 is 1.26 bits per heavy atom. The fourth-order valence-electron chi connectivity index (χ4n) is 9.18. The molecule has 0 saturated heterocycles. The van der Waals surface area contributed by atoms with Gasteiger partial charge in [0.2, 0.25) is 0 Å². The first-order chi connectivity index (χ1) is 27.7. The van der Waals surface area contributed by atoms with Crippen molar-refractivity contribution in [2.75, 3.05) is 27.4 Å². The Morgan fingerprint density at radius 1 is 0.719 bits per heavy atom. The molecule has 2 aromatic carbocycles. The zero-order valence-electron chi connectivity index (χ0n) is 32.2. The molecule has 0 bridgehead atoms. The molecule has 300 valence electrons. The van der Waals surface area contributed by atoms with Gasteiger partial charge in [-0.25, -0.2) is 9.59 Å². The second-order valence-corrected chi connectivity index (χ2v) is 17.2. The highest BCUT2D eigenvalue weighted by atomic mass is 32.1. The van der Waals surface area contributed by atoms with Gasteiger partial charge in [-0.2, -0.15) is 0 Å². The van der Waals surface area contributed by atoms with Crippen LogP contribution in [0.2, 0.25) is 0 Å². The molecule has 3 aliphatic rings. The van der Waals surface area contributed by atoms with Crippen molar-refractivity contribution in [3.8, 4) is 45.5 Å². The van der Waals surface area contributed by atoms with Crippen LogP contribution < -0.4 is 4.74 Å². The fraction of sp³-hybridized carbons (Fsp3) is 0.409. The number of thiophene rings is 2. The molecule has 0 spiro atoms. The molecule has 1 aliphatic heterocycles. The number of esters is 2. The smallest absolute Gasteiger partial charge is 0.348 e. The van der Waals surface area contributed by atoms with E-state index in [4.69, 9.17) is 14.2 Å². The highest BCUT2D eigenvalue weighted by Crippen LogP contribution is 2.51. The predicted octanol–water partition coefficient (Wildman–Crippen LogP) is 9.91. The first-order valence-electron chi connectivity index (χ1n) is 19.8. The quantitative estimate of drug-likeness (QED) is 0.115. The lowest BCUT2D eigenvalue weighted by Gasteiger charge is -2.24. The molecule has 2 saturated carbocycles. The summed E-state index contributed by atoms with van der Waals surface area (Å²) in [6, 6.07) is 13.8. The molecule has 0 amide bonds. The van der Waals surface area contributed by atoms with Gasteiger partial charge in [-0.15, -0.1) is 22.7 Å². The highest BCUT2D eigenvalue weighted by Gasteiger charge is 2.32. The van der Waals surface area contributed by atoms with Crippen LogP contribution in [0.5, 0.6) is 23.0 Å². The van der Waals surface area contributed by atoms with E-state index in [1.165, 1.54) is 86.1 Å². The number of nitrogens with zero attached hydrogens (tertiary/aromatic N) is 2. The summed E-state index contributed by atoms with van der Waals surface area (Å²) in [6.45, 7) is 1.52. The van der Waals surface area contributed by atoms with Crippen LogP contribution in [0.25, 0.3) is 42.9 Å². The number of carbonyl (C=O) groups excluding carboxylic acids is 2. The van der Waals surface area contributed by atoms with E-state index in [0.717, 1.165) is 64.0 Å². The zero-order valence-corrected chi connectivity index (χ0v) is 33.8. The van der Waals surface area contributed by atoms with Crippen molar-refractivity contribution >= 4 is 55.0 Å². The lowest BCUT2D eigenvalue weighted by molar-refractivity contribution is 0.0597. The Morgan fingerprint density at radius 3 is 1.84 bits per heavy atom. The molecule has 57 heavy (non-hydrogen) atoms. The van der Waals surface area contributed by atoms with Crippen LogP contribution in [0.4, 0.5) is 0 Å². The van der Waals surface area contributed by atoms with E-state index in [-0.39, 0.29) is 35.8 Å². The minimum Gasteiger partial charge on any atom is -0.508 e. The first kappa shape index (κ1) is 38.9. The van der Waals surface area contributed by atoms with Crippen LogP contribution in [-0.2, 0) is 22.6 Å². The van der Waals surface area contributed by atoms with Crippen LogP contribution >= 0.6 is 22.7 Å². The van der Waals surface area contributed by atoms with Crippen molar-refractivity contribution in [1.29, 1.82) is 0 Å². The molecule has 6 aromatic rings. The van der Waals surface area contributed by atoms with Crippen molar-refractivity contribution in [1.82, 2.24) is 9.13 Å². The lowest BCUT2D eigenvalue weighted by atomic mass is 9.83. The topological polar surface area (TPSA) is 153 Å². The summed E-state index contributed by atoms with van der Waals surface area (Å²) in [5.41, 5.74) is 8.12. The van der Waals surface area contributed by atoms with Gasteiger partial charge >= 0.3 is 11.9 Å². The molecule has 5 heterocycles. The normalized spacial score (nSPS) is 16.0. The molecule has 0 unspecified atom stereocenters. The van der Waals surface area contributed by atoms with E-state index in [2.05, 4.69) is 4.57 Å². The van der Waals surface area contributed by atoms with Gasteiger partial charge in [0.05, 0.1) is 59.2 Å². The van der Waals surface area contributed by atoms with Crippen molar-refractivity contribution in [3.05, 3.63) is 69.4 Å². The summed E-state index contributed by atoms with van der Waals surface area (Å²) in [7, 11) is 2.80. The zero-order chi connectivity index (χ0) is 39.8. The Labute approximate surface area is 338 Å². The number of aliphatic hydroxyl groups is 1. The van der Waals surface area contributed by atoms with Gasteiger partial charge in [-0.1, -0.05) is 38.5 Å². The van der Waals surface area contributed by atoms with E-state index < -0.39 is 0 Å². The highest BCUT2D eigenvalue weighted by molar-refractivity contribution is 7.21. The predicted molar refractivity (Wildman–Crippen MR) is 222 cm³/mol. The molecule has 4 N–H and O–H groups in total. The Bertz CT molecular complexity index is 2440. The van der Waals surface area contributed by atoms with Crippen molar-refractivity contribution in [2.24, 2.45) is 0 Å². The van der Waals surface area contributed by atoms with Crippen LogP contribution in [-0.4, -0.2) is 68.9 Å². The van der Waals surface area contributed by atoms with E-state index in [0.29, 0.717) is 46.8 Å². The number of phenols is 3. The number of aromatic hydroxyl groups is 3. The van der Waals surface area contributed by atoms with Crippen molar-refractivity contribution < 1.29 is 44.2 Å². The van der Waals surface area contributed by atoms with E-state index >= 15 is 0 Å². The van der Waals surface area contributed by atoms with Gasteiger partial charge in [-0.3, -0.25) is 0 Å². The van der Waals surface area contributed by atoms with Gasteiger partial charge in [0.1, 0.15) is 39.4 Å². The second-order valence-electron chi connectivity index (χ2n) is 15.1. The van der Waals surface area contributed by atoms with Gasteiger partial charge in [0.15, 0.2) is 0 Å². The Kier molecular flexibility index (Phi) is 11.2. The number of hydrogen-bond donors (Lipinski definition) is 4. The van der Waals surface area contributed by atoms with Crippen LogP contribution in [0, 0.1) is 0 Å².